The maximum Gasteiger partial charge on any atom is 0.260 e. The van der Waals surface area contributed by atoms with Crippen LogP contribution in [0.3, 0.4) is 0 Å². The van der Waals surface area contributed by atoms with E-state index in [4.69, 9.17) is 20.6 Å². The molecule has 0 aliphatic carbocycles. The Labute approximate surface area is 267 Å². The van der Waals surface area contributed by atoms with E-state index in [1.165, 1.54) is 6.07 Å². The highest BCUT2D eigenvalue weighted by molar-refractivity contribution is 7.98. The summed E-state index contributed by atoms with van der Waals surface area (Å²) in [6.45, 7) is 4.47. The van der Waals surface area contributed by atoms with Gasteiger partial charge in [-0.15, -0.1) is 0 Å². The van der Waals surface area contributed by atoms with Crippen LogP contribution in [0.2, 0.25) is 0 Å². The first kappa shape index (κ1) is 33.5. The zero-order chi connectivity index (χ0) is 32.3. The molecule has 240 valence electrons. The van der Waals surface area contributed by atoms with Gasteiger partial charge in [-0.2, -0.15) is 16.9 Å². The predicted molar refractivity (Wildman–Crippen MR) is 172 cm³/mol. The maximum atomic E-state index is 13.5. The number of carbonyl (C=O) groups excluding carboxylic acids is 4. The number of fused-ring (bicyclic) bond motifs is 1. The number of nitrogens with two attached hydrogens (primary N) is 1. The molecule has 4 N–H and O–H groups in total. The van der Waals surface area contributed by atoms with Gasteiger partial charge >= 0.3 is 0 Å². The minimum absolute atomic E-state index is 0.0539. The summed E-state index contributed by atoms with van der Waals surface area (Å²) < 4.78 is 7.48. The molecule has 4 amide bonds. The first-order valence-electron chi connectivity index (χ1n) is 15.1. The summed E-state index contributed by atoms with van der Waals surface area (Å²) in [5, 5.41) is 10.8. The second-order valence-corrected chi connectivity index (χ2v) is 12.1. The molecule has 12 nitrogen and oxygen atoms in total. The molecule has 2 heterocycles. The van der Waals surface area contributed by atoms with Gasteiger partial charge in [0.05, 0.1) is 18.2 Å². The summed E-state index contributed by atoms with van der Waals surface area (Å²) in [7, 11) is 0. The summed E-state index contributed by atoms with van der Waals surface area (Å²) in [4.78, 5) is 58.3. The van der Waals surface area contributed by atoms with Crippen LogP contribution in [-0.2, 0) is 20.9 Å². The smallest absolute Gasteiger partial charge is 0.260 e. The lowest BCUT2D eigenvalue weighted by Crippen LogP contribution is -2.49. The summed E-state index contributed by atoms with van der Waals surface area (Å²) in [5.41, 5.74) is 6.47. The number of benzene rings is 2. The summed E-state index contributed by atoms with van der Waals surface area (Å²) in [6.07, 6.45) is 2.94. The summed E-state index contributed by atoms with van der Waals surface area (Å²) in [6, 6.07) is 14.8. The van der Waals surface area contributed by atoms with Gasteiger partial charge in [-0.05, 0) is 42.9 Å². The van der Waals surface area contributed by atoms with Crippen molar-refractivity contribution in [1.82, 2.24) is 30.3 Å². The molecule has 2 atom stereocenters. The molecule has 0 fully saturated rings. The zero-order valence-corrected chi connectivity index (χ0v) is 26.7. The number of primary amides is 1. The number of para-hydroxylation sites is 1. The number of nitrogens with one attached hydrogen (secondary N) is 2. The molecule has 4 rings (SSSR count). The number of amides is 4. The van der Waals surface area contributed by atoms with Crippen LogP contribution in [0, 0.1) is 5.92 Å². The van der Waals surface area contributed by atoms with Crippen LogP contribution in [0.4, 0.5) is 0 Å². The number of carbonyl (C=O) groups is 4. The van der Waals surface area contributed by atoms with Crippen LogP contribution in [-0.4, -0.2) is 81.0 Å². The topological polar surface area (TPSA) is 162 Å². The van der Waals surface area contributed by atoms with Crippen LogP contribution in [0.5, 0.6) is 5.75 Å². The highest BCUT2D eigenvalue weighted by Gasteiger charge is 2.30. The quantitative estimate of drug-likeness (QED) is 0.324. The third kappa shape index (κ3) is 9.07. The Kier molecular flexibility index (Phi) is 12.0. The molecule has 0 spiro atoms. The fourth-order valence-corrected chi connectivity index (χ4v) is 5.52. The van der Waals surface area contributed by atoms with E-state index in [1.807, 2.05) is 50.4 Å². The minimum Gasteiger partial charge on any atom is -0.483 e. The maximum absolute atomic E-state index is 13.5. The van der Waals surface area contributed by atoms with Crippen LogP contribution in [0.1, 0.15) is 55.3 Å². The van der Waals surface area contributed by atoms with Gasteiger partial charge in [-0.25, -0.2) is 9.67 Å². The van der Waals surface area contributed by atoms with E-state index in [-0.39, 0.29) is 61.1 Å². The molecule has 1 aliphatic rings. The van der Waals surface area contributed by atoms with E-state index >= 15 is 0 Å². The number of rotatable bonds is 9. The monoisotopic (exact) mass is 635 g/mol. The second-order valence-electron chi connectivity index (χ2n) is 11.1. The Balaban J connectivity index is 1.65. The molecule has 0 saturated carbocycles. The highest BCUT2D eigenvalue weighted by atomic mass is 32.2. The Bertz CT molecular complexity index is 1480. The lowest BCUT2D eigenvalue weighted by molar-refractivity contribution is -0.134. The summed E-state index contributed by atoms with van der Waals surface area (Å²) in [5.74, 6) is 0.419. The van der Waals surface area contributed by atoms with Gasteiger partial charge in [0.25, 0.3) is 11.8 Å². The molecule has 2 aromatic carbocycles. The molecular weight excluding hydrogens is 594 g/mol. The van der Waals surface area contributed by atoms with Crippen molar-refractivity contribution < 1.29 is 23.9 Å². The normalized spacial score (nSPS) is 18.0. The number of aromatic nitrogens is 3. The van der Waals surface area contributed by atoms with Gasteiger partial charge in [-0.1, -0.05) is 56.3 Å². The third-order valence-corrected chi connectivity index (χ3v) is 8.15. The van der Waals surface area contributed by atoms with E-state index in [0.717, 1.165) is 5.56 Å². The van der Waals surface area contributed by atoms with E-state index < -0.39 is 18.0 Å². The predicted octanol–water partition coefficient (Wildman–Crippen LogP) is 2.80. The molecule has 13 heteroatoms. The van der Waals surface area contributed by atoms with Crippen LogP contribution in [0.15, 0.2) is 54.6 Å². The fraction of sp³-hybridized carbons (Fsp3) is 0.438. The van der Waals surface area contributed by atoms with E-state index in [0.29, 0.717) is 36.8 Å². The molecule has 1 aliphatic heterocycles. The average molecular weight is 636 g/mol. The van der Waals surface area contributed by atoms with Crippen molar-refractivity contribution in [3.8, 4) is 17.1 Å². The van der Waals surface area contributed by atoms with Crippen molar-refractivity contribution >= 4 is 35.4 Å². The van der Waals surface area contributed by atoms with Gasteiger partial charge in [0.15, 0.2) is 18.3 Å². The molecular formula is C32H41N7O5S. The summed E-state index contributed by atoms with van der Waals surface area (Å²) >= 11 is 1.60. The lowest BCUT2D eigenvalue weighted by Gasteiger charge is -2.28. The SMILES string of the molecule is CSCC[C@@H]1NC(=O)CCCN(C(=O)COc2ccccc2C(N)=O)CCn2nc(-c3ccccc3)nc2[C@@H](C(C)C)NC1=O. The number of hydrogen-bond acceptors (Lipinski definition) is 8. The Morgan fingerprint density at radius 1 is 1.04 bits per heavy atom. The van der Waals surface area contributed by atoms with Crippen LogP contribution >= 0.6 is 11.8 Å². The molecule has 0 radical (unpaired) electrons. The standard InChI is InChI=1S/C32H41N7O5S/c1-21(2)28-31-36-30(22-10-5-4-6-11-22)37-39(31)18-17-38(27(41)20-44-25-13-8-7-12-23(25)29(33)42)16-9-14-26(40)34-24(15-19-45-3)32(43)35-28/h4-8,10-13,21,24,28H,9,14-20H2,1-3H3,(H2,33,42)(H,34,40)(H,35,43)/t24-,28+/m0/s1. The van der Waals surface area contributed by atoms with E-state index in [9.17, 15) is 19.2 Å². The number of hydrogen-bond donors (Lipinski definition) is 3. The van der Waals surface area contributed by atoms with Crippen molar-refractivity contribution in [2.24, 2.45) is 11.7 Å². The molecule has 0 unspecified atom stereocenters. The molecule has 0 bridgehead atoms. The Hall–Kier alpha value is -4.39. The van der Waals surface area contributed by atoms with Crippen LogP contribution < -0.4 is 21.1 Å². The first-order valence-corrected chi connectivity index (χ1v) is 16.5. The van der Waals surface area contributed by atoms with Gasteiger partial charge in [-0.3, -0.25) is 19.2 Å². The number of thioether (sulfide) groups is 1. The van der Waals surface area contributed by atoms with Crippen molar-refractivity contribution in [3.63, 3.8) is 0 Å². The number of nitrogens with zero attached hydrogens (tertiary/aromatic N) is 4. The zero-order valence-electron chi connectivity index (χ0n) is 25.9. The Morgan fingerprint density at radius 3 is 2.49 bits per heavy atom. The Morgan fingerprint density at radius 2 is 1.78 bits per heavy atom. The molecule has 45 heavy (non-hydrogen) atoms. The van der Waals surface area contributed by atoms with Crippen molar-refractivity contribution in [1.29, 1.82) is 0 Å². The van der Waals surface area contributed by atoms with Gasteiger partial charge in [0.2, 0.25) is 11.8 Å². The molecule has 0 saturated heterocycles. The van der Waals surface area contributed by atoms with E-state index in [1.54, 1.807) is 39.5 Å². The minimum atomic E-state index is -0.712. The average Bonchev–Trinajstić information content (AvgIpc) is 3.45. The highest BCUT2D eigenvalue weighted by Crippen LogP contribution is 2.25. The van der Waals surface area contributed by atoms with E-state index in [2.05, 4.69) is 10.6 Å². The largest absolute Gasteiger partial charge is 0.483 e. The fourth-order valence-electron chi connectivity index (χ4n) is 5.05. The van der Waals surface area contributed by atoms with Crippen molar-refractivity contribution in [2.45, 2.75) is 51.7 Å². The lowest BCUT2D eigenvalue weighted by atomic mass is 10.0. The van der Waals surface area contributed by atoms with Crippen molar-refractivity contribution in [3.05, 3.63) is 66.0 Å². The molecule has 1 aromatic heterocycles. The molecule has 3 aromatic rings. The van der Waals surface area contributed by atoms with Gasteiger partial charge < -0.3 is 26.0 Å². The van der Waals surface area contributed by atoms with Crippen molar-refractivity contribution in [2.75, 3.05) is 31.7 Å². The first-order chi connectivity index (χ1) is 21.7. The van der Waals surface area contributed by atoms with Gasteiger partial charge in [0, 0.05) is 25.1 Å². The van der Waals surface area contributed by atoms with Gasteiger partial charge in [0.1, 0.15) is 11.8 Å². The number of ether oxygens (including phenoxy) is 1. The van der Waals surface area contributed by atoms with Crippen LogP contribution in [0.25, 0.3) is 11.4 Å². The third-order valence-electron chi connectivity index (χ3n) is 7.51. The second kappa shape index (κ2) is 16.1.